The lowest BCUT2D eigenvalue weighted by molar-refractivity contribution is -0.137. The Labute approximate surface area is 173 Å². The van der Waals surface area contributed by atoms with E-state index in [1.54, 1.807) is 20.8 Å². The number of halogens is 3. The second-order valence-electron chi connectivity index (χ2n) is 7.38. The first-order valence-electron chi connectivity index (χ1n) is 9.26. The van der Waals surface area contributed by atoms with Crippen LogP contribution in [0, 0.1) is 0 Å². The van der Waals surface area contributed by atoms with Crippen molar-refractivity contribution in [2.24, 2.45) is 0 Å². The minimum Gasteiger partial charge on any atom is -0.444 e. The molecule has 1 rings (SSSR count). The van der Waals surface area contributed by atoms with Crippen LogP contribution in [0.25, 0.3) is 0 Å². The number of alkyl halides is 3. The zero-order valence-corrected chi connectivity index (χ0v) is 17.4. The van der Waals surface area contributed by atoms with Gasteiger partial charge in [-0.25, -0.2) is 4.79 Å². The molecule has 0 atom stereocenters. The molecular formula is C19H27F3N4O4. The number of amides is 3. The number of hydrazine groups is 1. The first-order chi connectivity index (χ1) is 13.9. The summed E-state index contributed by atoms with van der Waals surface area (Å²) in [5, 5.41) is 2.60. The first kappa shape index (κ1) is 25.2. The summed E-state index contributed by atoms with van der Waals surface area (Å²) in [6.07, 6.45) is -4.99. The predicted molar refractivity (Wildman–Crippen MR) is 103 cm³/mol. The zero-order valence-electron chi connectivity index (χ0n) is 17.4. The van der Waals surface area contributed by atoms with Crippen LogP contribution in [0.15, 0.2) is 18.2 Å². The first-order valence-corrected chi connectivity index (χ1v) is 9.26. The second kappa shape index (κ2) is 10.8. The van der Waals surface area contributed by atoms with Gasteiger partial charge in [0.25, 0.3) is 5.91 Å². The lowest BCUT2D eigenvalue weighted by Crippen LogP contribution is -2.39. The molecule has 0 saturated heterocycles. The second-order valence-corrected chi connectivity index (χ2v) is 7.38. The minimum absolute atomic E-state index is 0.161. The molecule has 0 aliphatic rings. The van der Waals surface area contributed by atoms with Crippen LogP contribution in [0.3, 0.4) is 0 Å². The quantitative estimate of drug-likeness (QED) is 0.411. The number of nitrogens with one attached hydrogen (secondary N) is 3. The number of benzene rings is 1. The number of hydrogen-bond donors (Lipinski definition) is 3. The summed E-state index contributed by atoms with van der Waals surface area (Å²) in [5.74, 6) is -0.869. The molecule has 168 valence electrons. The van der Waals surface area contributed by atoms with E-state index in [2.05, 4.69) is 5.32 Å². The number of rotatable bonds is 9. The van der Waals surface area contributed by atoms with Gasteiger partial charge in [-0.05, 0) is 45.0 Å². The highest BCUT2D eigenvalue weighted by molar-refractivity contribution is 5.96. The molecule has 0 spiro atoms. The summed E-state index contributed by atoms with van der Waals surface area (Å²) < 4.78 is 44.3. The normalized spacial score (nSPS) is 11.7. The maximum absolute atomic E-state index is 13.0. The largest absolute Gasteiger partial charge is 0.444 e. The van der Waals surface area contributed by atoms with Crippen molar-refractivity contribution in [3.63, 3.8) is 0 Å². The third kappa shape index (κ3) is 8.68. The van der Waals surface area contributed by atoms with Crippen molar-refractivity contribution in [3.05, 3.63) is 34.9 Å². The van der Waals surface area contributed by atoms with Crippen molar-refractivity contribution in [2.75, 3.05) is 19.6 Å². The van der Waals surface area contributed by atoms with Crippen molar-refractivity contribution in [3.8, 4) is 0 Å². The summed E-state index contributed by atoms with van der Waals surface area (Å²) in [5.41, 5.74) is 2.47. The van der Waals surface area contributed by atoms with Gasteiger partial charge < -0.3 is 10.1 Å². The molecule has 11 heteroatoms. The van der Waals surface area contributed by atoms with Gasteiger partial charge in [0, 0.05) is 25.2 Å². The molecule has 0 unspecified atom stereocenters. The molecule has 0 radical (unpaired) electrons. The van der Waals surface area contributed by atoms with Crippen LogP contribution in [-0.2, 0) is 22.3 Å². The molecule has 0 fully saturated rings. The Kier molecular flexibility index (Phi) is 9.09. The molecule has 8 nitrogen and oxygen atoms in total. The van der Waals surface area contributed by atoms with Crippen molar-refractivity contribution in [2.45, 2.75) is 46.0 Å². The molecule has 0 heterocycles. The Morgan fingerprint density at radius 2 is 1.87 bits per heavy atom. The maximum atomic E-state index is 13.0. The predicted octanol–water partition coefficient (Wildman–Crippen LogP) is 2.44. The van der Waals surface area contributed by atoms with Gasteiger partial charge in [0.1, 0.15) is 5.60 Å². The molecule has 0 aliphatic carbocycles. The van der Waals surface area contributed by atoms with E-state index in [4.69, 9.17) is 4.74 Å². The summed E-state index contributed by atoms with van der Waals surface area (Å²) in [6.45, 7) is 8.36. The highest BCUT2D eigenvalue weighted by Crippen LogP contribution is 2.31. The topological polar surface area (TPSA) is 99.8 Å². The van der Waals surface area contributed by atoms with E-state index in [-0.39, 0.29) is 25.1 Å². The lowest BCUT2D eigenvalue weighted by Gasteiger charge is -2.24. The average molecular weight is 432 g/mol. The molecule has 3 amide bonds. The molecule has 3 N–H and O–H groups in total. The Balaban J connectivity index is 2.90. The number of ether oxygens (including phenoxy) is 1. The van der Waals surface area contributed by atoms with Crippen LogP contribution in [0.5, 0.6) is 0 Å². The number of hydrogen-bond acceptors (Lipinski definition) is 5. The summed E-state index contributed by atoms with van der Waals surface area (Å²) >= 11 is 0. The van der Waals surface area contributed by atoms with E-state index < -0.39 is 29.3 Å². The van der Waals surface area contributed by atoms with E-state index in [0.29, 0.717) is 18.7 Å². The van der Waals surface area contributed by atoms with Gasteiger partial charge in [0.05, 0.1) is 5.56 Å². The van der Waals surface area contributed by atoms with Crippen molar-refractivity contribution >= 4 is 18.4 Å². The van der Waals surface area contributed by atoms with Gasteiger partial charge in [-0.3, -0.25) is 25.3 Å². The average Bonchev–Trinajstić information content (AvgIpc) is 2.63. The van der Waals surface area contributed by atoms with Crippen LogP contribution in [0.2, 0.25) is 0 Å². The number of carbonyl (C=O) groups is 3. The number of likely N-dealkylation sites (N-methyl/N-ethyl adjacent to an activating group) is 1. The van der Waals surface area contributed by atoms with E-state index >= 15 is 0 Å². The molecule has 1 aromatic rings. The summed E-state index contributed by atoms with van der Waals surface area (Å²) in [4.78, 5) is 36.1. The zero-order chi connectivity index (χ0) is 22.9. The smallest absolute Gasteiger partial charge is 0.416 e. The van der Waals surface area contributed by atoms with Crippen LogP contribution in [0.4, 0.5) is 18.0 Å². The molecule has 0 bridgehead atoms. The Bertz CT molecular complexity index is 748. The highest BCUT2D eigenvalue weighted by Gasteiger charge is 2.32. The van der Waals surface area contributed by atoms with Gasteiger partial charge in [-0.2, -0.15) is 13.2 Å². The van der Waals surface area contributed by atoms with Crippen LogP contribution >= 0.6 is 0 Å². The molecule has 0 aliphatic heterocycles. The van der Waals surface area contributed by atoms with E-state index in [0.717, 1.165) is 12.1 Å². The summed E-state index contributed by atoms with van der Waals surface area (Å²) in [6, 6.07) is 2.86. The Morgan fingerprint density at radius 1 is 1.20 bits per heavy atom. The molecular weight excluding hydrogens is 405 g/mol. The fourth-order valence-electron chi connectivity index (χ4n) is 2.48. The molecule has 0 saturated carbocycles. The minimum atomic E-state index is -4.62. The molecule has 1 aromatic carbocycles. The fourth-order valence-corrected chi connectivity index (χ4v) is 2.48. The standard InChI is InChI=1S/C19H27F3N4O4/c1-5-26(9-8-23-17(29)30-18(2,3)4)11-13-6-7-14(19(20,21)22)10-15(13)16(28)25-24-12-27/h6-7,10,12H,5,8-9,11H2,1-4H3,(H,23,29)(H,24,27)(H,25,28). The van der Waals surface area contributed by atoms with Crippen molar-refractivity contribution < 1.29 is 32.3 Å². The SMILES string of the molecule is CCN(CCNC(=O)OC(C)(C)C)Cc1ccc(C(F)(F)F)cc1C(=O)NNC=O. The van der Waals surface area contributed by atoms with Gasteiger partial charge in [-0.15, -0.1) is 0 Å². The Hall–Kier alpha value is -2.82. The van der Waals surface area contributed by atoms with Crippen LogP contribution < -0.4 is 16.2 Å². The van der Waals surface area contributed by atoms with E-state index in [9.17, 15) is 27.6 Å². The van der Waals surface area contributed by atoms with Gasteiger partial charge in [-0.1, -0.05) is 13.0 Å². The molecule has 0 aromatic heterocycles. The van der Waals surface area contributed by atoms with E-state index in [1.165, 1.54) is 6.07 Å². The maximum Gasteiger partial charge on any atom is 0.416 e. The monoisotopic (exact) mass is 432 g/mol. The third-order valence-electron chi connectivity index (χ3n) is 3.86. The van der Waals surface area contributed by atoms with E-state index in [1.807, 2.05) is 22.7 Å². The Morgan fingerprint density at radius 3 is 2.40 bits per heavy atom. The number of alkyl carbamates (subject to hydrolysis) is 1. The van der Waals surface area contributed by atoms with Gasteiger partial charge >= 0.3 is 12.3 Å². The van der Waals surface area contributed by atoms with Gasteiger partial charge in [0.15, 0.2) is 0 Å². The highest BCUT2D eigenvalue weighted by atomic mass is 19.4. The lowest BCUT2D eigenvalue weighted by atomic mass is 10.0. The van der Waals surface area contributed by atoms with Crippen molar-refractivity contribution in [1.82, 2.24) is 21.1 Å². The molecule has 30 heavy (non-hydrogen) atoms. The van der Waals surface area contributed by atoms with Crippen LogP contribution in [0.1, 0.15) is 49.2 Å². The number of carbonyl (C=O) groups excluding carboxylic acids is 3. The van der Waals surface area contributed by atoms with Gasteiger partial charge in [0.2, 0.25) is 6.41 Å². The van der Waals surface area contributed by atoms with Crippen LogP contribution in [-0.4, -0.2) is 48.5 Å². The number of nitrogens with zero attached hydrogens (tertiary/aromatic N) is 1. The third-order valence-corrected chi connectivity index (χ3v) is 3.86. The summed E-state index contributed by atoms with van der Waals surface area (Å²) in [7, 11) is 0. The fraction of sp³-hybridized carbons (Fsp3) is 0.526. The van der Waals surface area contributed by atoms with Crippen molar-refractivity contribution in [1.29, 1.82) is 0 Å².